The zero-order chi connectivity index (χ0) is 27.5. The lowest BCUT2D eigenvalue weighted by Gasteiger charge is -2.18. The molecule has 0 atom stereocenters. The lowest BCUT2D eigenvalue weighted by Crippen LogP contribution is -2.29. The minimum absolute atomic E-state index is 0.135. The van der Waals surface area contributed by atoms with Crippen molar-refractivity contribution in [1.82, 2.24) is 9.29 Å². The topological polar surface area (TPSA) is 117 Å². The molecule has 1 aliphatic heterocycles. The number of nitrogens with one attached hydrogen (secondary N) is 1. The molecule has 9 nitrogen and oxygen atoms in total. The second-order valence-corrected chi connectivity index (χ2v) is 12.2. The van der Waals surface area contributed by atoms with Crippen LogP contribution in [0.15, 0.2) is 83.8 Å². The van der Waals surface area contributed by atoms with Crippen LogP contribution in [0.4, 0.5) is 10.8 Å². The average molecular weight is 557 g/mol. The van der Waals surface area contributed by atoms with Gasteiger partial charge in [-0.25, -0.2) is 22.6 Å². The summed E-state index contributed by atoms with van der Waals surface area (Å²) in [6.07, 6.45) is 0. The molecule has 4 aromatic carbocycles. The quantitative estimate of drug-likeness (QED) is 0.312. The van der Waals surface area contributed by atoms with Crippen LogP contribution in [0.25, 0.3) is 21.0 Å². The Bertz CT molecular complexity index is 1930. The number of thiazole rings is 1. The number of carbonyl (C=O) groups excluding carboxylic acids is 3. The molecule has 0 aliphatic carbocycles. The van der Waals surface area contributed by atoms with Gasteiger partial charge in [-0.05, 0) is 47.9 Å². The van der Waals surface area contributed by atoms with Crippen molar-refractivity contribution < 1.29 is 22.8 Å². The van der Waals surface area contributed by atoms with Gasteiger partial charge in [-0.3, -0.25) is 19.7 Å². The Balaban J connectivity index is 1.35. The molecule has 39 heavy (non-hydrogen) atoms. The van der Waals surface area contributed by atoms with Crippen molar-refractivity contribution >= 4 is 70.9 Å². The van der Waals surface area contributed by atoms with E-state index < -0.39 is 27.7 Å². The predicted octanol–water partition coefficient (Wildman–Crippen LogP) is 4.75. The van der Waals surface area contributed by atoms with Gasteiger partial charge in [0.2, 0.25) is 10.0 Å². The van der Waals surface area contributed by atoms with Crippen LogP contribution < -0.4 is 10.2 Å². The molecule has 2 heterocycles. The van der Waals surface area contributed by atoms with Crippen molar-refractivity contribution in [2.45, 2.75) is 4.90 Å². The molecule has 0 saturated carbocycles. The third kappa shape index (κ3) is 3.98. The molecule has 0 unspecified atom stereocenters. The standard InChI is InChI=1S/C28H20N4O5S2/c1-31(2)39(36,37)16-11-13-22-24(15-16)38-28(29-22)30-25(33)19-12-14-23(18-8-4-3-7-17(18)19)32-26(34)20-9-5-6-10-21(20)27(32)35/h3-15H,1-2H3,(H,29,30,33). The van der Waals surface area contributed by atoms with Crippen LogP contribution in [0.2, 0.25) is 0 Å². The Morgan fingerprint density at radius 2 is 1.51 bits per heavy atom. The first kappa shape index (κ1) is 24.9. The van der Waals surface area contributed by atoms with Gasteiger partial charge in [-0.15, -0.1) is 0 Å². The fourth-order valence-corrected chi connectivity index (χ4v) is 6.48. The Morgan fingerprint density at radius 1 is 0.872 bits per heavy atom. The van der Waals surface area contributed by atoms with Crippen LogP contribution in [0.3, 0.4) is 0 Å². The van der Waals surface area contributed by atoms with Crippen molar-refractivity contribution in [2.24, 2.45) is 0 Å². The number of amides is 3. The first-order valence-electron chi connectivity index (χ1n) is 11.8. The van der Waals surface area contributed by atoms with E-state index in [0.717, 1.165) is 20.5 Å². The Labute approximate surface area is 227 Å². The average Bonchev–Trinajstić information content (AvgIpc) is 3.45. The summed E-state index contributed by atoms with van der Waals surface area (Å²) in [7, 11) is -0.693. The number of nitrogens with zero attached hydrogens (tertiary/aromatic N) is 3. The second kappa shape index (κ2) is 9.09. The van der Waals surface area contributed by atoms with Crippen molar-refractivity contribution in [3.63, 3.8) is 0 Å². The number of imide groups is 1. The van der Waals surface area contributed by atoms with Crippen LogP contribution in [0, 0.1) is 0 Å². The highest BCUT2D eigenvalue weighted by Crippen LogP contribution is 2.36. The van der Waals surface area contributed by atoms with E-state index in [1.54, 1.807) is 66.7 Å². The molecular formula is C28H20N4O5S2. The number of hydrogen-bond acceptors (Lipinski definition) is 7. The molecule has 0 radical (unpaired) electrons. The third-order valence-corrected chi connectivity index (χ3v) is 9.28. The SMILES string of the molecule is CN(C)S(=O)(=O)c1ccc2nc(NC(=O)c3ccc(N4C(=O)c5ccccc5C4=O)c4ccccc34)sc2c1. The first-order valence-corrected chi connectivity index (χ1v) is 14.1. The largest absolute Gasteiger partial charge is 0.298 e. The van der Waals surface area contributed by atoms with Crippen LogP contribution in [-0.2, 0) is 10.0 Å². The smallest absolute Gasteiger partial charge is 0.266 e. The summed E-state index contributed by atoms with van der Waals surface area (Å²) < 4.78 is 26.7. The van der Waals surface area contributed by atoms with E-state index >= 15 is 0 Å². The second-order valence-electron chi connectivity index (χ2n) is 9.06. The number of sulfonamides is 1. The summed E-state index contributed by atoms with van der Waals surface area (Å²) in [5, 5.41) is 4.24. The van der Waals surface area contributed by atoms with Gasteiger partial charge in [-0.1, -0.05) is 47.7 Å². The summed E-state index contributed by atoms with van der Waals surface area (Å²) in [5.41, 5.74) is 1.96. The molecule has 0 bridgehead atoms. The van der Waals surface area contributed by atoms with E-state index in [2.05, 4.69) is 10.3 Å². The lowest BCUT2D eigenvalue weighted by atomic mass is 10.0. The summed E-state index contributed by atoms with van der Waals surface area (Å²) in [4.78, 5) is 45.3. The minimum Gasteiger partial charge on any atom is -0.298 e. The Hall–Kier alpha value is -4.45. The van der Waals surface area contributed by atoms with Gasteiger partial charge in [-0.2, -0.15) is 0 Å². The van der Waals surface area contributed by atoms with Gasteiger partial charge in [0.1, 0.15) is 0 Å². The van der Waals surface area contributed by atoms with Crippen LogP contribution in [-0.4, -0.2) is 49.5 Å². The maximum absolute atomic E-state index is 13.4. The van der Waals surface area contributed by atoms with Gasteiger partial charge in [0, 0.05) is 25.0 Å². The normalized spacial score (nSPS) is 13.5. The number of carbonyl (C=O) groups is 3. The van der Waals surface area contributed by atoms with Gasteiger partial charge in [0.15, 0.2) is 5.13 Å². The Kier molecular flexibility index (Phi) is 5.79. The lowest BCUT2D eigenvalue weighted by molar-refractivity contribution is 0.0925. The molecular weight excluding hydrogens is 536 g/mol. The highest BCUT2D eigenvalue weighted by Gasteiger charge is 2.37. The monoisotopic (exact) mass is 556 g/mol. The number of benzene rings is 4. The van der Waals surface area contributed by atoms with E-state index in [4.69, 9.17) is 0 Å². The molecule has 1 aliphatic rings. The molecule has 5 aromatic rings. The van der Waals surface area contributed by atoms with E-state index in [1.807, 2.05) is 0 Å². The third-order valence-electron chi connectivity index (χ3n) is 6.54. The Morgan fingerprint density at radius 3 is 2.18 bits per heavy atom. The van der Waals surface area contributed by atoms with Crippen molar-refractivity contribution in [3.05, 3.63) is 95.6 Å². The number of aromatic nitrogens is 1. The molecule has 1 aromatic heterocycles. The summed E-state index contributed by atoms with van der Waals surface area (Å²) >= 11 is 1.16. The van der Waals surface area contributed by atoms with E-state index in [0.29, 0.717) is 48.5 Å². The number of fused-ring (bicyclic) bond motifs is 3. The zero-order valence-corrected chi connectivity index (χ0v) is 22.3. The molecule has 0 spiro atoms. The van der Waals surface area contributed by atoms with Gasteiger partial charge in [0.05, 0.1) is 31.9 Å². The maximum atomic E-state index is 13.4. The van der Waals surface area contributed by atoms with Crippen LogP contribution in [0.1, 0.15) is 31.1 Å². The molecule has 3 amide bonds. The molecule has 0 saturated heterocycles. The van der Waals surface area contributed by atoms with Crippen LogP contribution >= 0.6 is 11.3 Å². The summed E-state index contributed by atoms with van der Waals surface area (Å²) in [5.74, 6) is -1.26. The molecule has 0 fully saturated rings. The molecule has 1 N–H and O–H groups in total. The van der Waals surface area contributed by atoms with E-state index in [-0.39, 0.29) is 4.90 Å². The van der Waals surface area contributed by atoms with Crippen molar-refractivity contribution in [1.29, 1.82) is 0 Å². The fraction of sp³-hybridized carbons (Fsp3) is 0.0714. The summed E-state index contributed by atoms with van der Waals surface area (Å²) in [6, 6.07) is 21.5. The minimum atomic E-state index is -3.61. The maximum Gasteiger partial charge on any atom is 0.266 e. The molecule has 6 rings (SSSR count). The number of rotatable bonds is 5. The predicted molar refractivity (Wildman–Crippen MR) is 150 cm³/mol. The van der Waals surface area contributed by atoms with Crippen molar-refractivity contribution in [3.8, 4) is 0 Å². The highest BCUT2D eigenvalue weighted by atomic mass is 32.2. The first-order chi connectivity index (χ1) is 18.7. The van der Waals surface area contributed by atoms with Gasteiger partial charge in [0.25, 0.3) is 17.7 Å². The summed E-state index contributed by atoms with van der Waals surface area (Å²) in [6.45, 7) is 0. The zero-order valence-electron chi connectivity index (χ0n) is 20.7. The van der Waals surface area contributed by atoms with Gasteiger partial charge >= 0.3 is 0 Å². The molecule has 194 valence electrons. The molecule has 11 heteroatoms. The van der Waals surface area contributed by atoms with E-state index in [1.165, 1.54) is 26.2 Å². The van der Waals surface area contributed by atoms with E-state index in [9.17, 15) is 22.8 Å². The van der Waals surface area contributed by atoms with Crippen molar-refractivity contribution in [2.75, 3.05) is 24.3 Å². The fourth-order valence-electron chi connectivity index (χ4n) is 4.58. The highest BCUT2D eigenvalue weighted by molar-refractivity contribution is 7.89. The number of hydrogen-bond donors (Lipinski definition) is 1. The van der Waals surface area contributed by atoms with Gasteiger partial charge < -0.3 is 0 Å². The van der Waals surface area contributed by atoms with Crippen LogP contribution in [0.5, 0.6) is 0 Å². The number of anilines is 2.